The van der Waals surface area contributed by atoms with Crippen LogP contribution in [0.4, 0.5) is 0 Å². The Bertz CT molecular complexity index is 989. The maximum absolute atomic E-state index is 12.3. The summed E-state index contributed by atoms with van der Waals surface area (Å²) in [6.07, 6.45) is 3.54. The number of rotatable bonds is 4. The molecule has 0 aliphatic carbocycles. The number of amides is 1. The molecule has 0 spiro atoms. The van der Waals surface area contributed by atoms with Crippen LogP contribution in [-0.4, -0.2) is 21.1 Å². The van der Waals surface area contributed by atoms with E-state index in [1.807, 2.05) is 35.7 Å². The summed E-state index contributed by atoms with van der Waals surface area (Å²) in [4.78, 5) is 16.6. The Balaban J connectivity index is 1.62. The minimum Gasteiger partial charge on any atom is -0.349 e. The minimum absolute atomic E-state index is 0.152. The zero-order valence-corrected chi connectivity index (χ0v) is 14.0. The molecule has 0 saturated heterocycles. The molecule has 0 aliphatic rings. The molecule has 0 fully saturated rings. The zero-order chi connectivity index (χ0) is 16.5. The summed E-state index contributed by atoms with van der Waals surface area (Å²) in [5.74, 6) is -0.152. The number of halogens is 1. The third kappa shape index (κ3) is 2.81. The van der Waals surface area contributed by atoms with E-state index in [0.29, 0.717) is 17.3 Å². The van der Waals surface area contributed by atoms with Gasteiger partial charge in [0.05, 0.1) is 23.3 Å². The SMILES string of the molecule is O=C(NCc1cccs1)c1cc2cc(-c3cn[nH]c3)cc(Cl)c2[nH]1. The second-order valence-electron chi connectivity index (χ2n) is 5.35. The van der Waals surface area contributed by atoms with Gasteiger partial charge in [-0.2, -0.15) is 5.10 Å². The second-order valence-corrected chi connectivity index (χ2v) is 6.79. The van der Waals surface area contributed by atoms with Gasteiger partial charge in [-0.25, -0.2) is 0 Å². The van der Waals surface area contributed by atoms with Crippen molar-refractivity contribution in [3.05, 3.63) is 63.7 Å². The van der Waals surface area contributed by atoms with Crippen LogP contribution in [0.5, 0.6) is 0 Å². The Morgan fingerprint density at radius 2 is 2.21 bits per heavy atom. The number of hydrogen-bond donors (Lipinski definition) is 3. The Morgan fingerprint density at radius 3 is 2.96 bits per heavy atom. The van der Waals surface area contributed by atoms with Crippen molar-refractivity contribution < 1.29 is 4.79 Å². The summed E-state index contributed by atoms with van der Waals surface area (Å²) in [5, 5.41) is 13.1. The predicted molar refractivity (Wildman–Crippen MR) is 96.4 cm³/mol. The molecule has 7 heteroatoms. The average Bonchev–Trinajstić information content (AvgIpc) is 3.32. The van der Waals surface area contributed by atoms with E-state index in [4.69, 9.17) is 11.6 Å². The second kappa shape index (κ2) is 6.14. The van der Waals surface area contributed by atoms with Gasteiger partial charge in [0.25, 0.3) is 5.91 Å². The van der Waals surface area contributed by atoms with Crippen LogP contribution < -0.4 is 5.32 Å². The molecule has 3 aromatic heterocycles. The molecule has 120 valence electrons. The summed E-state index contributed by atoms with van der Waals surface area (Å²) in [5.41, 5.74) is 3.15. The van der Waals surface area contributed by atoms with Crippen molar-refractivity contribution in [3.63, 3.8) is 0 Å². The van der Waals surface area contributed by atoms with Crippen LogP contribution in [0.25, 0.3) is 22.0 Å². The first-order chi connectivity index (χ1) is 11.7. The van der Waals surface area contributed by atoms with Gasteiger partial charge in [-0.05, 0) is 35.2 Å². The molecular weight excluding hydrogens is 344 g/mol. The highest BCUT2D eigenvalue weighted by atomic mass is 35.5. The van der Waals surface area contributed by atoms with Crippen LogP contribution in [-0.2, 0) is 6.54 Å². The third-order valence-electron chi connectivity index (χ3n) is 3.76. The van der Waals surface area contributed by atoms with E-state index in [9.17, 15) is 4.79 Å². The Kier molecular flexibility index (Phi) is 3.84. The van der Waals surface area contributed by atoms with Crippen molar-refractivity contribution >= 4 is 39.7 Å². The molecule has 4 aromatic rings. The van der Waals surface area contributed by atoms with E-state index in [1.54, 1.807) is 23.7 Å². The lowest BCUT2D eigenvalue weighted by atomic mass is 10.1. The third-order valence-corrected chi connectivity index (χ3v) is 4.93. The van der Waals surface area contributed by atoms with Gasteiger partial charge in [-0.15, -0.1) is 11.3 Å². The fourth-order valence-corrected chi connectivity index (χ4v) is 3.49. The Labute approximate surface area is 146 Å². The zero-order valence-electron chi connectivity index (χ0n) is 12.5. The van der Waals surface area contributed by atoms with Crippen LogP contribution in [0.1, 0.15) is 15.4 Å². The van der Waals surface area contributed by atoms with Crippen LogP contribution in [0, 0.1) is 0 Å². The number of fused-ring (bicyclic) bond motifs is 1. The van der Waals surface area contributed by atoms with Gasteiger partial charge >= 0.3 is 0 Å². The summed E-state index contributed by atoms with van der Waals surface area (Å²) >= 11 is 7.98. The molecule has 3 N–H and O–H groups in total. The number of carbonyl (C=O) groups excluding carboxylic acids is 1. The van der Waals surface area contributed by atoms with Gasteiger partial charge in [0.15, 0.2) is 0 Å². The molecule has 0 radical (unpaired) electrons. The number of nitrogens with zero attached hydrogens (tertiary/aromatic N) is 1. The number of hydrogen-bond acceptors (Lipinski definition) is 3. The molecule has 0 aliphatic heterocycles. The van der Waals surface area contributed by atoms with Gasteiger partial charge in [-0.1, -0.05) is 17.7 Å². The highest BCUT2D eigenvalue weighted by Crippen LogP contribution is 2.30. The van der Waals surface area contributed by atoms with Crippen LogP contribution in [0.2, 0.25) is 5.02 Å². The summed E-state index contributed by atoms with van der Waals surface area (Å²) < 4.78 is 0. The molecule has 5 nitrogen and oxygen atoms in total. The van der Waals surface area contributed by atoms with Crippen molar-refractivity contribution in [2.24, 2.45) is 0 Å². The number of nitrogens with one attached hydrogen (secondary N) is 3. The summed E-state index contributed by atoms with van der Waals surface area (Å²) in [7, 11) is 0. The number of H-pyrrole nitrogens is 2. The van der Waals surface area contributed by atoms with Crippen LogP contribution >= 0.6 is 22.9 Å². The van der Waals surface area contributed by atoms with Crippen molar-refractivity contribution in [2.45, 2.75) is 6.54 Å². The summed E-state index contributed by atoms with van der Waals surface area (Å²) in [6.45, 7) is 0.514. The fourth-order valence-electron chi connectivity index (χ4n) is 2.57. The maximum Gasteiger partial charge on any atom is 0.268 e. The lowest BCUT2D eigenvalue weighted by Crippen LogP contribution is -2.22. The van der Waals surface area contributed by atoms with Crippen LogP contribution in [0.3, 0.4) is 0 Å². The molecule has 24 heavy (non-hydrogen) atoms. The van der Waals surface area contributed by atoms with Crippen LogP contribution in [0.15, 0.2) is 48.1 Å². The molecule has 0 bridgehead atoms. The predicted octanol–water partition coefficient (Wildman–Crippen LogP) is 4.20. The molecule has 0 saturated carbocycles. The van der Waals surface area contributed by atoms with E-state index in [0.717, 1.165) is 26.9 Å². The van der Waals surface area contributed by atoms with Gasteiger partial charge < -0.3 is 10.3 Å². The molecular formula is C17H13ClN4OS. The van der Waals surface area contributed by atoms with Gasteiger partial charge in [0.2, 0.25) is 0 Å². The monoisotopic (exact) mass is 356 g/mol. The standard InChI is InChI=1S/C17H13ClN4OS/c18-14-5-10(12-7-20-21-8-12)4-11-6-15(22-16(11)14)17(23)19-9-13-2-1-3-24-13/h1-8,22H,9H2,(H,19,23)(H,20,21). The van der Waals surface area contributed by atoms with Gasteiger partial charge in [0.1, 0.15) is 5.69 Å². The minimum atomic E-state index is -0.152. The van der Waals surface area contributed by atoms with Crippen molar-refractivity contribution in [1.82, 2.24) is 20.5 Å². The smallest absolute Gasteiger partial charge is 0.268 e. The lowest BCUT2D eigenvalue weighted by molar-refractivity contribution is 0.0947. The number of aromatic amines is 2. The van der Waals surface area contributed by atoms with Crippen molar-refractivity contribution in [3.8, 4) is 11.1 Å². The van der Waals surface area contributed by atoms with E-state index in [1.165, 1.54) is 0 Å². The molecule has 1 aromatic carbocycles. The van der Waals surface area contributed by atoms with Gasteiger partial charge in [-0.3, -0.25) is 9.89 Å². The number of carbonyl (C=O) groups is 1. The fraction of sp³-hybridized carbons (Fsp3) is 0.0588. The Morgan fingerprint density at radius 1 is 1.29 bits per heavy atom. The summed E-state index contributed by atoms with van der Waals surface area (Å²) in [6, 6.07) is 9.61. The first-order valence-electron chi connectivity index (χ1n) is 7.33. The molecule has 4 rings (SSSR count). The number of aromatic nitrogens is 3. The highest BCUT2D eigenvalue weighted by Gasteiger charge is 2.13. The van der Waals surface area contributed by atoms with E-state index < -0.39 is 0 Å². The highest BCUT2D eigenvalue weighted by molar-refractivity contribution is 7.09. The first-order valence-corrected chi connectivity index (χ1v) is 8.58. The molecule has 3 heterocycles. The molecule has 0 atom stereocenters. The van der Waals surface area contributed by atoms with Gasteiger partial charge in [0, 0.05) is 22.0 Å². The first kappa shape index (κ1) is 15.0. The topological polar surface area (TPSA) is 73.6 Å². The largest absolute Gasteiger partial charge is 0.349 e. The molecule has 0 unspecified atom stereocenters. The normalized spacial score (nSPS) is 11.0. The van der Waals surface area contributed by atoms with E-state index in [-0.39, 0.29) is 5.91 Å². The number of benzene rings is 1. The van der Waals surface area contributed by atoms with Crippen molar-refractivity contribution in [1.29, 1.82) is 0 Å². The Hall–Kier alpha value is -2.57. The lowest BCUT2D eigenvalue weighted by Gasteiger charge is -2.01. The molecule has 1 amide bonds. The van der Waals surface area contributed by atoms with Crippen molar-refractivity contribution in [2.75, 3.05) is 0 Å². The maximum atomic E-state index is 12.3. The van der Waals surface area contributed by atoms with E-state index in [2.05, 4.69) is 20.5 Å². The quantitative estimate of drug-likeness (QED) is 0.512. The van der Waals surface area contributed by atoms with E-state index >= 15 is 0 Å². The average molecular weight is 357 g/mol. The number of thiophene rings is 1.